The SMILES string of the molecule is CC(=O)N[C@@H](CCCCN)C(=O)N([C@@H](CCCCN)C(=O)N[C@H](C=O)CCCN=C(N)N)S(=O)(=O)c1ccc(C)cc1. The van der Waals surface area contributed by atoms with Crippen molar-refractivity contribution in [2.24, 2.45) is 27.9 Å². The molecule has 0 saturated carbocycles. The van der Waals surface area contributed by atoms with Gasteiger partial charge in [-0.3, -0.25) is 19.4 Å². The maximum Gasteiger partial charge on any atom is 0.267 e. The lowest BCUT2D eigenvalue weighted by Crippen LogP contribution is -2.58. The van der Waals surface area contributed by atoms with Crippen LogP contribution in [0.1, 0.15) is 63.9 Å². The zero-order valence-corrected chi connectivity index (χ0v) is 25.3. The van der Waals surface area contributed by atoms with Gasteiger partial charge in [-0.25, -0.2) is 12.7 Å². The highest BCUT2D eigenvalue weighted by atomic mass is 32.2. The van der Waals surface area contributed by atoms with Crippen LogP contribution in [-0.2, 0) is 29.2 Å². The van der Waals surface area contributed by atoms with Gasteiger partial charge < -0.3 is 38.4 Å². The van der Waals surface area contributed by atoms with E-state index in [2.05, 4.69) is 15.6 Å². The van der Waals surface area contributed by atoms with E-state index < -0.39 is 45.9 Å². The van der Waals surface area contributed by atoms with E-state index >= 15 is 0 Å². The van der Waals surface area contributed by atoms with Gasteiger partial charge in [0, 0.05) is 13.5 Å². The first-order chi connectivity index (χ1) is 19.9. The summed E-state index contributed by atoms with van der Waals surface area (Å²) in [5.41, 5.74) is 22.7. The number of nitrogens with zero attached hydrogens (tertiary/aromatic N) is 2. The number of aldehydes is 1. The maximum atomic E-state index is 14.1. The first-order valence-corrected chi connectivity index (χ1v) is 15.5. The van der Waals surface area contributed by atoms with Crippen molar-refractivity contribution in [1.82, 2.24) is 14.9 Å². The van der Waals surface area contributed by atoms with E-state index in [0.717, 1.165) is 5.56 Å². The number of carbonyl (C=O) groups excluding carboxylic acids is 4. The van der Waals surface area contributed by atoms with E-state index in [0.29, 0.717) is 49.2 Å². The second kappa shape index (κ2) is 18.8. The van der Waals surface area contributed by atoms with Crippen LogP contribution in [0.25, 0.3) is 0 Å². The summed E-state index contributed by atoms with van der Waals surface area (Å²) in [7, 11) is -4.60. The van der Waals surface area contributed by atoms with E-state index in [4.69, 9.17) is 22.9 Å². The highest BCUT2D eigenvalue weighted by molar-refractivity contribution is 7.89. The van der Waals surface area contributed by atoms with Crippen LogP contribution in [0, 0.1) is 6.92 Å². The molecule has 3 atom stereocenters. The fourth-order valence-electron chi connectivity index (χ4n) is 4.22. The maximum absolute atomic E-state index is 14.1. The highest BCUT2D eigenvalue weighted by Crippen LogP contribution is 2.24. The standard InChI is InChI=1S/C27H46N8O6S/c1-19-11-13-22(14-12-19)42(40,41)35(26(39)23(33-20(2)37)9-3-5-15-28)24(10-4-6-16-29)25(38)34-21(18-36)8-7-17-32-27(30)31/h11-14,18,21,23-24H,3-10,15-17,28-29H2,1-2H3,(H,33,37)(H,34,38)(H4,30,31,32)/t21-,23-,24-/m0/s1. The molecule has 10 N–H and O–H groups in total. The van der Waals surface area contributed by atoms with Gasteiger partial charge in [-0.2, -0.15) is 0 Å². The minimum atomic E-state index is -4.60. The fourth-order valence-corrected chi connectivity index (χ4v) is 5.83. The second-order valence-electron chi connectivity index (χ2n) is 9.99. The smallest absolute Gasteiger partial charge is 0.267 e. The molecule has 1 rings (SSSR count). The number of hydrogen-bond acceptors (Lipinski definition) is 9. The normalized spacial score (nSPS) is 13.3. The zero-order chi connectivity index (χ0) is 31.7. The molecule has 0 bridgehead atoms. The average molecular weight is 611 g/mol. The number of guanidine groups is 1. The molecular formula is C27H46N8O6S. The highest BCUT2D eigenvalue weighted by Gasteiger charge is 2.42. The van der Waals surface area contributed by atoms with Crippen molar-refractivity contribution in [2.45, 2.75) is 88.2 Å². The first-order valence-electron chi connectivity index (χ1n) is 14.0. The molecule has 0 aliphatic carbocycles. The van der Waals surface area contributed by atoms with Crippen LogP contribution in [0.2, 0.25) is 0 Å². The summed E-state index contributed by atoms with van der Waals surface area (Å²) >= 11 is 0. The van der Waals surface area contributed by atoms with Gasteiger partial charge in [-0.15, -0.1) is 0 Å². The molecule has 15 heteroatoms. The number of rotatable bonds is 20. The Kier molecular flexibility index (Phi) is 16.3. The van der Waals surface area contributed by atoms with Crippen molar-refractivity contribution in [3.05, 3.63) is 29.8 Å². The number of hydrogen-bond donors (Lipinski definition) is 6. The lowest BCUT2D eigenvalue weighted by atomic mass is 10.0. The Labute approximate surface area is 248 Å². The first kappa shape index (κ1) is 36.5. The number of carbonyl (C=O) groups is 4. The molecule has 236 valence electrons. The minimum absolute atomic E-state index is 0.0605. The third-order valence-electron chi connectivity index (χ3n) is 6.39. The van der Waals surface area contributed by atoms with Gasteiger partial charge >= 0.3 is 0 Å². The van der Waals surface area contributed by atoms with Gasteiger partial charge in [0.2, 0.25) is 11.8 Å². The Morgan fingerprint density at radius 2 is 1.52 bits per heavy atom. The van der Waals surface area contributed by atoms with Crippen molar-refractivity contribution in [3.8, 4) is 0 Å². The molecule has 0 aromatic heterocycles. The molecule has 0 aliphatic rings. The second-order valence-corrected chi connectivity index (χ2v) is 11.8. The number of benzene rings is 1. The van der Waals surface area contributed by atoms with E-state index in [1.54, 1.807) is 19.1 Å². The molecule has 0 unspecified atom stereocenters. The van der Waals surface area contributed by atoms with Gasteiger partial charge in [0.15, 0.2) is 5.96 Å². The molecule has 0 saturated heterocycles. The molecule has 0 fully saturated rings. The number of nitrogens with two attached hydrogens (primary N) is 4. The Balaban J connectivity index is 3.59. The molecule has 1 aromatic carbocycles. The molecule has 14 nitrogen and oxygen atoms in total. The fraction of sp³-hybridized carbons (Fsp3) is 0.593. The monoisotopic (exact) mass is 610 g/mol. The van der Waals surface area contributed by atoms with Crippen LogP contribution in [-0.4, -0.2) is 80.5 Å². The quantitative estimate of drug-likeness (QED) is 0.0472. The Morgan fingerprint density at radius 3 is 2.05 bits per heavy atom. The van der Waals surface area contributed by atoms with Crippen molar-refractivity contribution in [3.63, 3.8) is 0 Å². The topological polar surface area (TPSA) is 246 Å². The largest absolute Gasteiger partial charge is 0.370 e. The average Bonchev–Trinajstić information content (AvgIpc) is 2.93. The summed E-state index contributed by atoms with van der Waals surface area (Å²) in [6.45, 7) is 3.83. The van der Waals surface area contributed by atoms with Crippen molar-refractivity contribution in [2.75, 3.05) is 19.6 Å². The summed E-state index contributed by atoms with van der Waals surface area (Å²) in [5, 5.41) is 5.10. The Morgan fingerprint density at radius 1 is 0.929 bits per heavy atom. The number of unbranched alkanes of at least 4 members (excludes halogenated alkanes) is 2. The number of nitrogens with one attached hydrogen (secondary N) is 2. The zero-order valence-electron chi connectivity index (χ0n) is 24.5. The van der Waals surface area contributed by atoms with Crippen LogP contribution in [0.3, 0.4) is 0 Å². The van der Waals surface area contributed by atoms with Crippen LogP contribution in [0.4, 0.5) is 0 Å². The lowest BCUT2D eigenvalue weighted by molar-refractivity contribution is -0.138. The predicted octanol–water partition coefficient (Wildman–Crippen LogP) is -0.619. The molecule has 1 aromatic rings. The van der Waals surface area contributed by atoms with E-state index in [-0.39, 0.29) is 43.2 Å². The van der Waals surface area contributed by atoms with Gasteiger partial charge in [-0.05, 0) is 83.5 Å². The number of sulfonamides is 1. The van der Waals surface area contributed by atoms with Crippen molar-refractivity contribution in [1.29, 1.82) is 0 Å². The summed E-state index contributed by atoms with van der Waals surface area (Å²) in [4.78, 5) is 55.2. The van der Waals surface area contributed by atoms with Crippen molar-refractivity contribution >= 4 is 40.0 Å². The minimum Gasteiger partial charge on any atom is -0.370 e. The third kappa shape index (κ3) is 12.1. The van der Waals surface area contributed by atoms with Crippen LogP contribution in [0.5, 0.6) is 0 Å². The number of aryl methyl sites for hydroxylation is 1. The van der Waals surface area contributed by atoms with Gasteiger partial charge in [0.25, 0.3) is 15.9 Å². The van der Waals surface area contributed by atoms with E-state index in [1.807, 2.05) is 0 Å². The molecule has 3 amide bonds. The molecule has 0 spiro atoms. The number of aliphatic imine (C=N–C) groups is 1. The molecular weight excluding hydrogens is 564 g/mol. The summed E-state index contributed by atoms with van der Waals surface area (Å²) < 4.78 is 28.7. The third-order valence-corrected chi connectivity index (χ3v) is 8.21. The number of amides is 3. The van der Waals surface area contributed by atoms with Gasteiger partial charge in [-0.1, -0.05) is 17.7 Å². The molecule has 0 radical (unpaired) electrons. The predicted molar refractivity (Wildman–Crippen MR) is 160 cm³/mol. The van der Waals surface area contributed by atoms with Crippen LogP contribution < -0.4 is 33.6 Å². The van der Waals surface area contributed by atoms with Gasteiger partial charge in [0.05, 0.1) is 10.9 Å². The van der Waals surface area contributed by atoms with E-state index in [9.17, 15) is 27.6 Å². The lowest BCUT2D eigenvalue weighted by Gasteiger charge is -2.33. The van der Waals surface area contributed by atoms with Crippen LogP contribution >= 0.6 is 0 Å². The summed E-state index contributed by atoms with van der Waals surface area (Å²) in [6, 6.07) is 2.09. The molecule has 0 aliphatic heterocycles. The summed E-state index contributed by atoms with van der Waals surface area (Å²) in [5.74, 6) is -2.46. The van der Waals surface area contributed by atoms with Gasteiger partial charge in [0.1, 0.15) is 18.4 Å². The van der Waals surface area contributed by atoms with Crippen LogP contribution in [0.15, 0.2) is 34.2 Å². The Hall–Kier alpha value is -3.56. The summed E-state index contributed by atoms with van der Waals surface area (Å²) in [6.07, 6.45) is 2.84. The van der Waals surface area contributed by atoms with E-state index in [1.165, 1.54) is 19.1 Å². The molecule has 0 heterocycles. The molecule has 42 heavy (non-hydrogen) atoms. The Bertz CT molecular complexity index is 1160. The van der Waals surface area contributed by atoms with Crippen molar-refractivity contribution < 1.29 is 27.6 Å².